The quantitative estimate of drug-likeness (QED) is 0.528. The van der Waals surface area contributed by atoms with E-state index in [0.717, 1.165) is 10.4 Å². The number of primary amides is 1. The molecule has 130 valence electrons. The number of benzene rings is 2. The highest BCUT2D eigenvalue weighted by atomic mass is 32.1. The van der Waals surface area contributed by atoms with Crippen LogP contribution in [0, 0.1) is 10.1 Å². The van der Waals surface area contributed by atoms with Crippen molar-refractivity contribution in [2.45, 2.75) is 0 Å². The summed E-state index contributed by atoms with van der Waals surface area (Å²) < 4.78 is 0. The number of nitrogens with zero attached hydrogens (tertiary/aromatic N) is 1. The largest absolute Gasteiger partial charge is 0.366 e. The Morgan fingerprint density at radius 3 is 2.31 bits per heavy atom. The average Bonchev–Trinajstić information content (AvgIpc) is 3.06. The predicted molar refractivity (Wildman–Crippen MR) is 99.3 cm³/mol. The van der Waals surface area contributed by atoms with Crippen LogP contribution in [0.25, 0.3) is 10.4 Å². The molecule has 0 unspecified atom stereocenters. The highest BCUT2D eigenvalue weighted by Crippen LogP contribution is 2.35. The smallest absolute Gasteiger partial charge is 0.282 e. The number of thiophene rings is 1. The first kappa shape index (κ1) is 17.3. The Morgan fingerprint density at radius 2 is 1.65 bits per heavy atom. The van der Waals surface area contributed by atoms with Gasteiger partial charge in [-0.1, -0.05) is 42.5 Å². The number of carbonyl (C=O) groups excluding carboxylic acids is 2. The van der Waals surface area contributed by atoms with Gasteiger partial charge in [0.25, 0.3) is 17.5 Å². The van der Waals surface area contributed by atoms with Crippen molar-refractivity contribution in [1.29, 1.82) is 0 Å². The van der Waals surface area contributed by atoms with Crippen molar-refractivity contribution in [1.82, 2.24) is 0 Å². The molecule has 0 aliphatic heterocycles. The summed E-state index contributed by atoms with van der Waals surface area (Å²) in [6.07, 6.45) is 0. The van der Waals surface area contributed by atoms with Crippen molar-refractivity contribution < 1.29 is 14.5 Å². The van der Waals surface area contributed by atoms with Crippen LogP contribution in [0.4, 0.5) is 10.7 Å². The first-order chi connectivity index (χ1) is 12.5. The first-order valence-electron chi connectivity index (χ1n) is 7.51. The van der Waals surface area contributed by atoms with Gasteiger partial charge in [0.2, 0.25) is 0 Å². The number of rotatable bonds is 5. The van der Waals surface area contributed by atoms with Crippen LogP contribution in [-0.4, -0.2) is 16.7 Å². The third-order valence-corrected chi connectivity index (χ3v) is 4.73. The van der Waals surface area contributed by atoms with Crippen molar-refractivity contribution in [3.63, 3.8) is 0 Å². The second kappa shape index (κ2) is 7.16. The summed E-state index contributed by atoms with van der Waals surface area (Å²) >= 11 is 1.18. The maximum absolute atomic E-state index is 12.5. The second-order valence-electron chi connectivity index (χ2n) is 5.31. The number of nitrogens with one attached hydrogen (secondary N) is 1. The molecule has 0 aliphatic rings. The van der Waals surface area contributed by atoms with Gasteiger partial charge in [0.05, 0.1) is 10.5 Å². The molecule has 0 radical (unpaired) electrons. The Balaban J connectivity index is 1.97. The molecule has 3 N–H and O–H groups in total. The van der Waals surface area contributed by atoms with E-state index in [2.05, 4.69) is 5.32 Å². The molecule has 0 fully saturated rings. The molecule has 2 amide bonds. The molecular formula is C18H13N3O4S. The van der Waals surface area contributed by atoms with E-state index >= 15 is 0 Å². The molecular weight excluding hydrogens is 354 g/mol. The maximum Gasteiger partial charge on any atom is 0.282 e. The van der Waals surface area contributed by atoms with Gasteiger partial charge in [-0.25, -0.2) is 0 Å². The van der Waals surface area contributed by atoms with E-state index in [-0.39, 0.29) is 21.8 Å². The predicted octanol–water partition coefficient (Wildman–Crippen LogP) is 3.67. The molecule has 3 aromatic rings. The third kappa shape index (κ3) is 3.45. The number of amides is 2. The molecule has 0 saturated carbocycles. The Labute approximate surface area is 152 Å². The highest BCUT2D eigenvalue weighted by molar-refractivity contribution is 7.20. The van der Waals surface area contributed by atoms with Gasteiger partial charge in [-0.2, -0.15) is 0 Å². The fraction of sp³-hybridized carbons (Fsp3) is 0. The molecule has 3 rings (SSSR count). The molecule has 7 nitrogen and oxygen atoms in total. The van der Waals surface area contributed by atoms with E-state index in [0.29, 0.717) is 0 Å². The monoisotopic (exact) mass is 367 g/mol. The standard InChI is InChI=1S/C18H13N3O4S/c19-16(22)13-10-15(11-6-2-1-3-7-11)26-18(13)20-17(23)12-8-4-5-9-14(12)21(24)25/h1-10H,(H2,19,22)(H,20,23). The minimum absolute atomic E-state index is 0.0948. The lowest BCUT2D eigenvalue weighted by Gasteiger charge is -2.05. The Morgan fingerprint density at radius 1 is 1.00 bits per heavy atom. The summed E-state index contributed by atoms with van der Waals surface area (Å²) in [5.74, 6) is -1.37. The van der Waals surface area contributed by atoms with E-state index in [9.17, 15) is 19.7 Å². The lowest BCUT2D eigenvalue weighted by Crippen LogP contribution is -2.17. The van der Waals surface area contributed by atoms with E-state index in [1.54, 1.807) is 6.07 Å². The van der Waals surface area contributed by atoms with Crippen LogP contribution in [0.2, 0.25) is 0 Å². The molecule has 0 saturated heterocycles. The normalized spacial score (nSPS) is 10.3. The van der Waals surface area contributed by atoms with Crippen molar-refractivity contribution in [2.75, 3.05) is 5.32 Å². The number of nitro groups is 1. The minimum Gasteiger partial charge on any atom is -0.366 e. The van der Waals surface area contributed by atoms with Crippen LogP contribution >= 0.6 is 11.3 Å². The second-order valence-corrected chi connectivity index (χ2v) is 6.36. The number of para-hydroxylation sites is 1. The molecule has 0 atom stereocenters. The van der Waals surface area contributed by atoms with Crippen LogP contribution in [0.3, 0.4) is 0 Å². The lowest BCUT2D eigenvalue weighted by molar-refractivity contribution is -0.385. The third-order valence-electron chi connectivity index (χ3n) is 3.63. The summed E-state index contributed by atoms with van der Waals surface area (Å²) in [6, 6.07) is 16.5. The zero-order valence-corrected chi connectivity index (χ0v) is 14.2. The summed E-state index contributed by atoms with van der Waals surface area (Å²) in [4.78, 5) is 35.4. The van der Waals surface area contributed by atoms with Crippen LogP contribution in [0.5, 0.6) is 0 Å². The summed E-state index contributed by atoms with van der Waals surface area (Å²) in [5.41, 5.74) is 6.02. The van der Waals surface area contributed by atoms with Crippen molar-refractivity contribution in [2.24, 2.45) is 5.73 Å². The van der Waals surface area contributed by atoms with Gasteiger partial charge in [0, 0.05) is 10.9 Å². The van der Waals surface area contributed by atoms with Gasteiger partial charge >= 0.3 is 0 Å². The summed E-state index contributed by atoms with van der Waals surface area (Å²) in [7, 11) is 0. The van der Waals surface area contributed by atoms with Crippen LogP contribution in [-0.2, 0) is 0 Å². The van der Waals surface area contributed by atoms with E-state index in [1.807, 2.05) is 30.3 Å². The molecule has 2 aromatic carbocycles. The fourth-order valence-electron chi connectivity index (χ4n) is 2.41. The molecule has 26 heavy (non-hydrogen) atoms. The van der Waals surface area contributed by atoms with Gasteiger partial charge in [-0.05, 0) is 17.7 Å². The topological polar surface area (TPSA) is 115 Å². The average molecular weight is 367 g/mol. The number of anilines is 1. The number of hydrogen-bond acceptors (Lipinski definition) is 5. The lowest BCUT2D eigenvalue weighted by atomic mass is 10.1. The first-order valence-corrected chi connectivity index (χ1v) is 8.33. The number of hydrogen-bond donors (Lipinski definition) is 2. The zero-order valence-electron chi connectivity index (χ0n) is 13.3. The van der Waals surface area contributed by atoms with E-state index in [1.165, 1.54) is 35.6 Å². The van der Waals surface area contributed by atoms with Crippen LogP contribution < -0.4 is 11.1 Å². The minimum atomic E-state index is -0.693. The molecule has 8 heteroatoms. The molecule has 1 heterocycles. The summed E-state index contributed by atoms with van der Waals surface area (Å²) in [5, 5.41) is 13.9. The van der Waals surface area contributed by atoms with E-state index < -0.39 is 16.7 Å². The van der Waals surface area contributed by atoms with Gasteiger partial charge < -0.3 is 11.1 Å². The van der Waals surface area contributed by atoms with Crippen LogP contribution in [0.15, 0.2) is 60.7 Å². The zero-order chi connectivity index (χ0) is 18.7. The summed E-state index contributed by atoms with van der Waals surface area (Å²) in [6.45, 7) is 0. The molecule has 1 aromatic heterocycles. The Hall–Kier alpha value is -3.52. The van der Waals surface area contributed by atoms with Crippen molar-refractivity contribution in [3.05, 3.63) is 81.9 Å². The van der Waals surface area contributed by atoms with Gasteiger partial charge in [0.15, 0.2) is 0 Å². The SMILES string of the molecule is NC(=O)c1cc(-c2ccccc2)sc1NC(=O)c1ccccc1[N+](=O)[O-]. The van der Waals surface area contributed by atoms with Crippen molar-refractivity contribution in [3.8, 4) is 10.4 Å². The van der Waals surface area contributed by atoms with Crippen LogP contribution in [0.1, 0.15) is 20.7 Å². The van der Waals surface area contributed by atoms with Gasteiger partial charge in [-0.15, -0.1) is 11.3 Å². The Bertz CT molecular complexity index is 999. The van der Waals surface area contributed by atoms with Gasteiger partial charge in [0.1, 0.15) is 10.6 Å². The van der Waals surface area contributed by atoms with Crippen molar-refractivity contribution >= 4 is 33.8 Å². The number of nitro benzene ring substituents is 1. The number of nitrogens with two attached hydrogens (primary N) is 1. The van der Waals surface area contributed by atoms with E-state index in [4.69, 9.17) is 5.73 Å². The Kier molecular flexibility index (Phi) is 4.76. The fourth-order valence-corrected chi connectivity index (χ4v) is 3.47. The molecule has 0 spiro atoms. The maximum atomic E-state index is 12.5. The highest BCUT2D eigenvalue weighted by Gasteiger charge is 2.22. The van der Waals surface area contributed by atoms with Gasteiger partial charge in [-0.3, -0.25) is 19.7 Å². The molecule has 0 bridgehead atoms. The molecule has 0 aliphatic carbocycles. The number of carbonyl (C=O) groups is 2.